The van der Waals surface area contributed by atoms with Crippen molar-refractivity contribution in [3.05, 3.63) is 35.9 Å². The predicted molar refractivity (Wildman–Crippen MR) is 108 cm³/mol. The van der Waals surface area contributed by atoms with Crippen LogP contribution >= 0.6 is 0 Å². The Hall–Kier alpha value is -1.39. The average Bonchev–Trinajstić information content (AvgIpc) is 3.12. The third kappa shape index (κ3) is 4.91. The van der Waals surface area contributed by atoms with Crippen molar-refractivity contribution in [3.63, 3.8) is 0 Å². The zero-order valence-corrected chi connectivity index (χ0v) is 16.5. The van der Waals surface area contributed by atoms with Crippen LogP contribution in [0.5, 0.6) is 0 Å². The first-order valence-electron chi connectivity index (χ1n) is 11.0. The molecule has 0 aromatic heterocycles. The van der Waals surface area contributed by atoms with Crippen LogP contribution in [0, 0.1) is 5.92 Å². The van der Waals surface area contributed by atoms with Crippen molar-refractivity contribution in [3.8, 4) is 0 Å². The van der Waals surface area contributed by atoms with Crippen LogP contribution in [-0.4, -0.2) is 48.7 Å². The van der Waals surface area contributed by atoms with E-state index in [4.69, 9.17) is 4.74 Å². The van der Waals surface area contributed by atoms with Gasteiger partial charge in [-0.15, -0.1) is 0 Å². The summed E-state index contributed by atoms with van der Waals surface area (Å²) in [6, 6.07) is 9.44. The van der Waals surface area contributed by atoms with E-state index < -0.39 is 0 Å². The molecule has 148 valence electrons. The lowest BCUT2D eigenvalue weighted by atomic mass is 9.86. The molecule has 4 rings (SSSR count). The lowest BCUT2D eigenvalue weighted by Gasteiger charge is -2.40. The highest BCUT2D eigenvalue weighted by molar-refractivity contribution is 5.94. The minimum atomic E-state index is 0.00227. The van der Waals surface area contributed by atoms with E-state index in [0.717, 1.165) is 37.2 Å². The number of piperidine rings is 1. The van der Waals surface area contributed by atoms with E-state index in [-0.39, 0.29) is 17.6 Å². The normalized spacial score (nSPS) is 26.3. The second kappa shape index (κ2) is 8.74. The number of nitrogens with one attached hydrogen (secondary N) is 1. The Morgan fingerprint density at radius 2 is 1.78 bits per heavy atom. The van der Waals surface area contributed by atoms with Gasteiger partial charge in [0.25, 0.3) is 5.91 Å². The number of likely N-dealkylation sites (tertiary alicyclic amines) is 1. The fraction of sp³-hybridized carbons (Fsp3) is 0.696. The molecule has 4 nitrogen and oxygen atoms in total. The fourth-order valence-electron chi connectivity index (χ4n) is 5.18. The molecule has 1 spiro atoms. The summed E-state index contributed by atoms with van der Waals surface area (Å²) in [6.45, 7) is 4.28. The van der Waals surface area contributed by atoms with E-state index in [1.54, 1.807) is 0 Å². The number of nitrogens with zero attached hydrogens (tertiary/aromatic N) is 1. The van der Waals surface area contributed by atoms with Gasteiger partial charge in [-0.05, 0) is 56.6 Å². The molecule has 1 atom stereocenters. The van der Waals surface area contributed by atoms with Crippen molar-refractivity contribution in [2.75, 3.05) is 26.2 Å². The molecule has 0 radical (unpaired) electrons. The van der Waals surface area contributed by atoms with Crippen molar-refractivity contribution >= 4 is 5.91 Å². The van der Waals surface area contributed by atoms with Gasteiger partial charge in [-0.1, -0.05) is 37.5 Å². The van der Waals surface area contributed by atoms with Crippen LogP contribution in [0.25, 0.3) is 0 Å². The molecule has 1 unspecified atom stereocenters. The van der Waals surface area contributed by atoms with Gasteiger partial charge >= 0.3 is 0 Å². The largest absolute Gasteiger partial charge is 0.370 e. The first-order chi connectivity index (χ1) is 13.2. The monoisotopic (exact) mass is 370 g/mol. The first kappa shape index (κ1) is 18.9. The molecule has 1 aromatic rings. The standard InChI is InChI=1S/C23H34N2O2/c26-22(20-9-5-2-6-10-20)24-17-21-11-12-23(27-21)13-15-25(16-14-23)18-19-7-3-1-4-8-19/h2,5-6,9-10,19,21H,1,3-4,7-8,11-18H2,(H,24,26). The molecule has 27 heavy (non-hydrogen) atoms. The van der Waals surface area contributed by atoms with Crippen molar-refractivity contribution in [1.29, 1.82) is 0 Å². The Morgan fingerprint density at radius 1 is 1.04 bits per heavy atom. The van der Waals surface area contributed by atoms with Crippen LogP contribution < -0.4 is 5.32 Å². The van der Waals surface area contributed by atoms with Gasteiger partial charge in [-0.25, -0.2) is 0 Å². The Morgan fingerprint density at radius 3 is 2.52 bits per heavy atom. The molecule has 1 N–H and O–H groups in total. The molecule has 2 saturated heterocycles. The summed E-state index contributed by atoms with van der Waals surface area (Å²) in [5.41, 5.74) is 0.798. The van der Waals surface area contributed by atoms with Gasteiger partial charge in [-0.3, -0.25) is 4.79 Å². The number of benzene rings is 1. The second-order valence-corrected chi connectivity index (χ2v) is 8.84. The summed E-state index contributed by atoms with van der Waals surface area (Å²) in [5.74, 6) is 0.931. The van der Waals surface area contributed by atoms with Gasteiger partial charge in [0.1, 0.15) is 0 Å². The highest BCUT2D eigenvalue weighted by Gasteiger charge is 2.42. The summed E-state index contributed by atoms with van der Waals surface area (Å²) in [4.78, 5) is 14.9. The molecule has 2 heterocycles. The van der Waals surface area contributed by atoms with Gasteiger partial charge < -0.3 is 15.0 Å². The number of carbonyl (C=O) groups is 1. The maximum absolute atomic E-state index is 12.2. The lowest BCUT2D eigenvalue weighted by molar-refractivity contribution is -0.0772. The van der Waals surface area contributed by atoms with Crippen molar-refractivity contribution in [2.24, 2.45) is 5.92 Å². The van der Waals surface area contributed by atoms with Gasteiger partial charge in [0.05, 0.1) is 11.7 Å². The maximum Gasteiger partial charge on any atom is 0.251 e. The topological polar surface area (TPSA) is 41.6 Å². The summed E-state index contributed by atoms with van der Waals surface area (Å²) < 4.78 is 6.47. The van der Waals surface area contributed by atoms with E-state index >= 15 is 0 Å². The van der Waals surface area contributed by atoms with Gasteiger partial charge in [0, 0.05) is 31.7 Å². The number of amides is 1. The Balaban J connectivity index is 1.20. The van der Waals surface area contributed by atoms with E-state index in [9.17, 15) is 4.79 Å². The highest BCUT2D eigenvalue weighted by atomic mass is 16.5. The van der Waals surface area contributed by atoms with E-state index in [2.05, 4.69) is 10.2 Å². The summed E-state index contributed by atoms with van der Waals surface area (Å²) in [7, 11) is 0. The van der Waals surface area contributed by atoms with E-state index in [1.165, 1.54) is 51.7 Å². The second-order valence-electron chi connectivity index (χ2n) is 8.84. The van der Waals surface area contributed by atoms with Crippen LogP contribution in [-0.2, 0) is 4.74 Å². The Bertz CT molecular complexity index is 604. The number of rotatable bonds is 5. The van der Waals surface area contributed by atoms with Crippen molar-refractivity contribution in [1.82, 2.24) is 10.2 Å². The summed E-state index contributed by atoms with van der Waals surface area (Å²) in [6.07, 6.45) is 11.9. The Kier molecular flexibility index (Phi) is 6.14. The number of hydrogen-bond donors (Lipinski definition) is 1. The lowest BCUT2D eigenvalue weighted by Crippen LogP contribution is -2.46. The Labute approximate surface area is 163 Å². The van der Waals surface area contributed by atoms with Gasteiger partial charge in [0.15, 0.2) is 0 Å². The molecule has 3 aliphatic rings. The fourth-order valence-corrected chi connectivity index (χ4v) is 5.18. The van der Waals surface area contributed by atoms with Crippen LogP contribution in [0.15, 0.2) is 30.3 Å². The number of hydrogen-bond acceptors (Lipinski definition) is 3. The van der Waals surface area contributed by atoms with Crippen molar-refractivity contribution < 1.29 is 9.53 Å². The molecule has 0 bridgehead atoms. The molecule has 1 aromatic carbocycles. The molecule has 1 amide bonds. The SMILES string of the molecule is O=C(NCC1CCC2(CCN(CC3CCCCC3)CC2)O1)c1ccccc1. The molecule has 2 aliphatic heterocycles. The highest BCUT2D eigenvalue weighted by Crippen LogP contribution is 2.39. The van der Waals surface area contributed by atoms with Gasteiger partial charge in [0.2, 0.25) is 0 Å². The summed E-state index contributed by atoms with van der Waals surface area (Å²) >= 11 is 0. The van der Waals surface area contributed by atoms with Gasteiger partial charge in [-0.2, -0.15) is 0 Å². The third-order valence-electron chi connectivity index (χ3n) is 6.87. The molecular formula is C23H34N2O2. The molecule has 3 fully saturated rings. The quantitative estimate of drug-likeness (QED) is 0.851. The van der Waals surface area contributed by atoms with Crippen LogP contribution in [0.3, 0.4) is 0 Å². The minimum absolute atomic E-state index is 0.00227. The average molecular weight is 371 g/mol. The van der Waals surface area contributed by atoms with Crippen LogP contribution in [0.2, 0.25) is 0 Å². The number of ether oxygens (including phenoxy) is 1. The summed E-state index contributed by atoms with van der Waals surface area (Å²) in [5, 5.41) is 3.05. The number of carbonyl (C=O) groups excluding carboxylic acids is 1. The molecule has 1 saturated carbocycles. The minimum Gasteiger partial charge on any atom is -0.370 e. The van der Waals surface area contributed by atoms with E-state index in [0.29, 0.717) is 6.54 Å². The third-order valence-corrected chi connectivity index (χ3v) is 6.87. The zero-order valence-electron chi connectivity index (χ0n) is 16.5. The molecular weight excluding hydrogens is 336 g/mol. The van der Waals surface area contributed by atoms with Crippen LogP contribution in [0.4, 0.5) is 0 Å². The predicted octanol–water partition coefficient (Wildman–Crippen LogP) is 4.01. The molecule has 1 aliphatic carbocycles. The van der Waals surface area contributed by atoms with Crippen molar-refractivity contribution in [2.45, 2.75) is 69.5 Å². The smallest absolute Gasteiger partial charge is 0.251 e. The first-order valence-corrected chi connectivity index (χ1v) is 11.0. The zero-order chi connectivity index (χ0) is 18.5. The molecule has 4 heteroatoms. The maximum atomic E-state index is 12.2. The van der Waals surface area contributed by atoms with E-state index in [1.807, 2.05) is 30.3 Å². The van der Waals surface area contributed by atoms with Crippen LogP contribution in [0.1, 0.15) is 68.1 Å².